The zero-order valence-corrected chi connectivity index (χ0v) is 23.9. The third-order valence-electron chi connectivity index (χ3n) is 5.26. The average molecular weight is 645 g/mol. The molecular weight excluding hydrogens is 622 g/mol. The number of carbonyl (C=O) groups excluding carboxylic acids is 2. The predicted molar refractivity (Wildman–Crippen MR) is 149 cm³/mol. The SMILES string of the molecule is CCOc1ccc(C2=N/C(=C\c3cc(Br)cc(Br)c3OC(=O)c3ccc(OC)cc3)C(=O)O2)cc1OCC. The van der Waals surface area contributed by atoms with E-state index < -0.39 is 11.9 Å². The first kappa shape index (κ1) is 27.4. The van der Waals surface area contributed by atoms with Crippen LogP contribution in [0.4, 0.5) is 0 Å². The fourth-order valence-electron chi connectivity index (χ4n) is 3.54. The van der Waals surface area contributed by atoms with E-state index >= 15 is 0 Å². The standard InChI is InChI=1S/C28H23Br2NO7/c1-4-35-23-11-8-17(14-24(23)36-5-2)26-31-22(28(33)38-26)13-18-12-19(29)15-21(30)25(18)37-27(32)16-6-9-20(34-3)10-7-16/h6-15H,4-5H2,1-3H3/b22-13-. The number of ether oxygens (including phenoxy) is 5. The van der Waals surface area contributed by atoms with Gasteiger partial charge in [-0.15, -0.1) is 0 Å². The van der Waals surface area contributed by atoms with Gasteiger partial charge in [0, 0.05) is 15.6 Å². The lowest BCUT2D eigenvalue weighted by Crippen LogP contribution is -2.10. The van der Waals surface area contributed by atoms with Gasteiger partial charge in [-0.2, -0.15) is 0 Å². The molecule has 8 nitrogen and oxygen atoms in total. The van der Waals surface area contributed by atoms with Crippen molar-refractivity contribution in [2.75, 3.05) is 20.3 Å². The number of methoxy groups -OCH3 is 1. The van der Waals surface area contributed by atoms with E-state index in [1.807, 2.05) is 13.8 Å². The molecule has 1 aliphatic rings. The van der Waals surface area contributed by atoms with Gasteiger partial charge in [0.25, 0.3) is 0 Å². The van der Waals surface area contributed by atoms with Crippen molar-refractivity contribution in [3.8, 4) is 23.0 Å². The van der Waals surface area contributed by atoms with Crippen molar-refractivity contribution in [1.29, 1.82) is 0 Å². The molecule has 0 saturated heterocycles. The molecule has 0 spiro atoms. The molecule has 0 aromatic heterocycles. The Bertz CT molecular complexity index is 1430. The van der Waals surface area contributed by atoms with Crippen LogP contribution >= 0.6 is 31.9 Å². The zero-order valence-electron chi connectivity index (χ0n) is 20.7. The number of aliphatic imine (C=N–C) groups is 1. The topological polar surface area (TPSA) is 92.7 Å². The summed E-state index contributed by atoms with van der Waals surface area (Å²) in [5, 5.41) is 0. The van der Waals surface area contributed by atoms with Crippen LogP contribution < -0.4 is 18.9 Å². The van der Waals surface area contributed by atoms with E-state index in [-0.39, 0.29) is 17.3 Å². The number of halogens is 2. The highest BCUT2D eigenvalue weighted by atomic mass is 79.9. The highest BCUT2D eigenvalue weighted by Crippen LogP contribution is 2.36. The molecule has 0 unspecified atom stereocenters. The smallest absolute Gasteiger partial charge is 0.363 e. The third kappa shape index (κ3) is 6.25. The fraction of sp³-hybridized carbons (Fsp3) is 0.179. The van der Waals surface area contributed by atoms with Gasteiger partial charge < -0.3 is 23.7 Å². The summed E-state index contributed by atoms with van der Waals surface area (Å²) in [6, 6.07) is 15.2. The quantitative estimate of drug-likeness (QED) is 0.148. The molecule has 0 aliphatic carbocycles. The molecule has 196 valence electrons. The van der Waals surface area contributed by atoms with Gasteiger partial charge in [-0.1, -0.05) is 15.9 Å². The second-order valence-corrected chi connectivity index (χ2v) is 9.56. The van der Waals surface area contributed by atoms with Crippen LogP contribution in [-0.2, 0) is 9.53 Å². The van der Waals surface area contributed by atoms with Crippen LogP contribution in [0.2, 0.25) is 0 Å². The molecule has 1 aliphatic heterocycles. The number of nitrogens with zero attached hydrogens (tertiary/aromatic N) is 1. The Morgan fingerprint density at radius 3 is 2.37 bits per heavy atom. The molecule has 10 heteroatoms. The predicted octanol–water partition coefficient (Wildman–Crippen LogP) is 6.58. The lowest BCUT2D eigenvalue weighted by atomic mass is 10.1. The van der Waals surface area contributed by atoms with Gasteiger partial charge in [0.15, 0.2) is 22.9 Å². The number of carbonyl (C=O) groups is 2. The maximum absolute atomic E-state index is 12.8. The minimum Gasteiger partial charge on any atom is -0.497 e. The molecular formula is C28H23Br2NO7. The molecule has 38 heavy (non-hydrogen) atoms. The second-order valence-electron chi connectivity index (χ2n) is 7.79. The number of hydrogen-bond donors (Lipinski definition) is 0. The third-order valence-corrected chi connectivity index (χ3v) is 6.31. The molecule has 3 aromatic rings. The maximum atomic E-state index is 12.8. The van der Waals surface area contributed by atoms with Gasteiger partial charge in [-0.3, -0.25) is 0 Å². The molecule has 0 atom stereocenters. The Morgan fingerprint density at radius 1 is 0.974 bits per heavy atom. The number of cyclic esters (lactones) is 1. The molecule has 0 amide bonds. The summed E-state index contributed by atoms with van der Waals surface area (Å²) in [6.45, 7) is 4.67. The molecule has 0 saturated carbocycles. The van der Waals surface area contributed by atoms with Crippen molar-refractivity contribution in [2.24, 2.45) is 4.99 Å². The minimum atomic E-state index is -0.643. The summed E-state index contributed by atoms with van der Waals surface area (Å²) in [7, 11) is 1.54. The summed E-state index contributed by atoms with van der Waals surface area (Å²) >= 11 is 6.88. The Hall–Kier alpha value is -3.63. The Balaban J connectivity index is 1.67. The van der Waals surface area contributed by atoms with Crippen molar-refractivity contribution < 1.29 is 33.3 Å². The molecule has 3 aromatic carbocycles. The van der Waals surface area contributed by atoms with Gasteiger partial charge in [0.1, 0.15) is 5.75 Å². The van der Waals surface area contributed by atoms with E-state index in [1.165, 1.54) is 6.08 Å². The van der Waals surface area contributed by atoms with E-state index in [2.05, 4.69) is 36.9 Å². The van der Waals surface area contributed by atoms with Crippen LogP contribution in [0.15, 0.2) is 74.2 Å². The van der Waals surface area contributed by atoms with Crippen LogP contribution in [0.5, 0.6) is 23.0 Å². The maximum Gasteiger partial charge on any atom is 0.363 e. The normalized spacial score (nSPS) is 13.7. The number of benzene rings is 3. The van der Waals surface area contributed by atoms with E-state index in [1.54, 1.807) is 61.7 Å². The first-order valence-electron chi connectivity index (χ1n) is 11.6. The van der Waals surface area contributed by atoms with E-state index in [0.29, 0.717) is 56.1 Å². The van der Waals surface area contributed by atoms with Gasteiger partial charge in [-0.05, 0) is 90.5 Å². The van der Waals surface area contributed by atoms with Crippen LogP contribution in [0.1, 0.15) is 35.3 Å². The average Bonchev–Trinajstić information content (AvgIpc) is 3.27. The van der Waals surface area contributed by atoms with E-state index in [0.717, 1.165) is 0 Å². The van der Waals surface area contributed by atoms with E-state index in [9.17, 15) is 9.59 Å². The van der Waals surface area contributed by atoms with Crippen molar-refractivity contribution in [3.63, 3.8) is 0 Å². The molecule has 0 N–H and O–H groups in total. The summed E-state index contributed by atoms with van der Waals surface area (Å²) < 4.78 is 28.7. The Kier molecular flexibility index (Phi) is 8.85. The van der Waals surface area contributed by atoms with Gasteiger partial charge in [0.05, 0.1) is 30.4 Å². The highest BCUT2D eigenvalue weighted by Gasteiger charge is 2.26. The van der Waals surface area contributed by atoms with Gasteiger partial charge in [0.2, 0.25) is 5.90 Å². The Labute approximate surface area is 236 Å². The van der Waals surface area contributed by atoms with Crippen LogP contribution in [0.3, 0.4) is 0 Å². The van der Waals surface area contributed by atoms with Gasteiger partial charge >= 0.3 is 11.9 Å². The first-order chi connectivity index (χ1) is 18.3. The first-order valence-corrected chi connectivity index (χ1v) is 13.2. The number of hydrogen-bond acceptors (Lipinski definition) is 8. The summed E-state index contributed by atoms with van der Waals surface area (Å²) in [5.74, 6) is 0.842. The van der Waals surface area contributed by atoms with Crippen LogP contribution in [0.25, 0.3) is 6.08 Å². The van der Waals surface area contributed by atoms with Crippen molar-refractivity contribution in [1.82, 2.24) is 0 Å². The lowest BCUT2D eigenvalue weighted by Gasteiger charge is -2.11. The van der Waals surface area contributed by atoms with Crippen molar-refractivity contribution in [3.05, 3.63) is 85.9 Å². The number of rotatable bonds is 9. The molecule has 0 radical (unpaired) electrons. The highest BCUT2D eigenvalue weighted by molar-refractivity contribution is 9.11. The van der Waals surface area contributed by atoms with Gasteiger partial charge in [-0.25, -0.2) is 14.6 Å². The largest absolute Gasteiger partial charge is 0.497 e. The molecule has 4 rings (SSSR count). The molecule has 1 heterocycles. The van der Waals surface area contributed by atoms with E-state index in [4.69, 9.17) is 23.7 Å². The number of esters is 2. The molecule has 0 fully saturated rings. The summed E-state index contributed by atoms with van der Waals surface area (Å²) in [5.41, 5.74) is 1.36. The van der Waals surface area contributed by atoms with Crippen molar-refractivity contribution in [2.45, 2.75) is 13.8 Å². The molecule has 0 bridgehead atoms. The summed E-state index contributed by atoms with van der Waals surface area (Å²) in [6.07, 6.45) is 1.50. The fourth-order valence-corrected chi connectivity index (χ4v) is 4.88. The Morgan fingerprint density at radius 2 is 1.68 bits per heavy atom. The monoisotopic (exact) mass is 643 g/mol. The summed E-state index contributed by atoms with van der Waals surface area (Å²) in [4.78, 5) is 30.0. The van der Waals surface area contributed by atoms with Crippen LogP contribution in [-0.4, -0.2) is 38.2 Å². The second kappa shape index (κ2) is 12.3. The zero-order chi connectivity index (χ0) is 27.2. The minimum absolute atomic E-state index is 0.0404. The van der Waals surface area contributed by atoms with Crippen molar-refractivity contribution >= 4 is 55.8 Å². The lowest BCUT2D eigenvalue weighted by molar-refractivity contribution is -0.129. The van der Waals surface area contributed by atoms with Crippen LogP contribution in [0, 0.1) is 0 Å².